The van der Waals surface area contributed by atoms with E-state index in [9.17, 15) is 0 Å². The molecule has 2 heterocycles. The molecule has 1 atom stereocenters. The lowest BCUT2D eigenvalue weighted by molar-refractivity contribution is 0.771. The molecule has 5 heteroatoms. The van der Waals surface area contributed by atoms with Crippen molar-refractivity contribution in [3.8, 4) is 0 Å². The lowest BCUT2D eigenvalue weighted by Gasteiger charge is -2.06. The monoisotopic (exact) mass is 253 g/mol. The normalized spacial score (nSPS) is 24.6. The predicted molar refractivity (Wildman–Crippen MR) is 70.1 cm³/mol. The first kappa shape index (κ1) is 10.6. The zero-order valence-corrected chi connectivity index (χ0v) is 10.9. The molecule has 1 saturated carbocycles. The minimum Gasteiger partial charge on any atom is -0.359 e. The lowest BCUT2D eigenvalue weighted by atomic mass is 10.3. The smallest absolute Gasteiger partial charge is 0.157 e. The number of rotatable bonds is 3. The SMILES string of the molecule is Cc1nc(CNC2=NCC(C3CC3)S2)cs1. The molecule has 86 valence electrons. The van der Waals surface area contributed by atoms with Gasteiger partial charge in [-0.15, -0.1) is 11.3 Å². The summed E-state index contributed by atoms with van der Waals surface area (Å²) in [6.07, 6.45) is 2.82. The van der Waals surface area contributed by atoms with Gasteiger partial charge < -0.3 is 5.32 Å². The highest BCUT2D eigenvalue weighted by Gasteiger charge is 2.35. The van der Waals surface area contributed by atoms with Crippen LogP contribution in [0.1, 0.15) is 23.5 Å². The zero-order chi connectivity index (χ0) is 11.0. The average molecular weight is 253 g/mol. The fourth-order valence-corrected chi connectivity index (χ4v) is 3.67. The third-order valence-electron chi connectivity index (χ3n) is 2.91. The fourth-order valence-electron chi connectivity index (χ4n) is 1.86. The summed E-state index contributed by atoms with van der Waals surface area (Å²) in [5, 5.41) is 8.49. The summed E-state index contributed by atoms with van der Waals surface area (Å²) >= 11 is 3.63. The highest BCUT2D eigenvalue weighted by Crippen LogP contribution is 2.41. The van der Waals surface area contributed by atoms with E-state index >= 15 is 0 Å². The molecule has 0 aromatic carbocycles. The van der Waals surface area contributed by atoms with E-state index in [1.807, 2.05) is 18.7 Å². The molecule has 3 nitrogen and oxygen atoms in total. The van der Waals surface area contributed by atoms with E-state index in [1.165, 1.54) is 12.8 Å². The maximum Gasteiger partial charge on any atom is 0.157 e. The number of amidine groups is 1. The number of hydrogen-bond donors (Lipinski definition) is 1. The van der Waals surface area contributed by atoms with E-state index in [-0.39, 0.29) is 0 Å². The van der Waals surface area contributed by atoms with Gasteiger partial charge in [-0.3, -0.25) is 4.99 Å². The quantitative estimate of drug-likeness (QED) is 0.899. The van der Waals surface area contributed by atoms with Gasteiger partial charge >= 0.3 is 0 Å². The molecular formula is C11H15N3S2. The van der Waals surface area contributed by atoms with E-state index in [0.29, 0.717) is 0 Å². The minimum absolute atomic E-state index is 0.750. The Hall–Kier alpha value is -0.550. The summed E-state index contributed by atoms with van der Waals surface area (Å²) in [6.45, 7) is 3.86. The fraction of sp³-hybridized carbons (Fsp3) is 0.636. The van der Waals surface area contributed by atoms with Crippen molar-refractivity contribution >= 4 is 28.3 Å². The summed E-state index contributed by atoms with van der Waals surface area (Å²) in [5.41, 5.74) is 1.13. The van der Waals surface area contributed by atoms with Gasteiger partial charge in [0.25, 0.3) is 0 Å². The summed E-state index contributed by atoms with van der Waals surface area (Å²) in [5.74, 6) is 0.939. The number of aliphatic imine (C=N–C) groups is 1. The van der Waals surface area contributed by atoms with Crippen molar-refractivity contribution in [1.29, 1.82) is 0 Å². The van der Waals surface area contributed by atoms with Crippen molar-refractivity contribution in [2.45, 2.75) is 31.6 Å². The van der Waals surface area contributed by atoms with Crippen molar-refractivity contribution in [2.75, 3.05) is 6.54 Å². The Kier molecular flexibility index (Phi) is 2.90. The Morgan fingerprint density at radius 2 is 2.38 bits per heavy atom. The van der Waals surface area contributed by atoms with Crippen LogP contribution in [0.2, 0.25) is 0 Å². The van der Waals surface area contributed by atoms with Crippen molar-refractivity contribution in [2.24, 2.45) is 10.9 Å². The van der Waals surface area contributed by atoms with Crippen molar-refractivity contribution < 1.29 is 0 Å². The molecule has 1 aromatic heterocycles. The Morgan fingerprint density at radius 3 is 3.06 bits per heavy atom. The maximum atomic E-state index is 4.54. The van der Waals surface area contributed by atoms with Crippen LogP contribution >= 0.6 is 23.1 Å². The molecule has 0 amide bonds. The Morgan fingerprint density at radius 1 is 1.50 bits per heavy atom. The molecule has 3 rings (SSSR count). The van der Waals surface area contributed by atoms with Crippen LogP contribution < -0.4 is 5.32 Å². The Labute approximate surface area is 104 Å². The van der Waals surface area contributed by atoms with Gasteiger partial charge in [0.05, 0.1) is 23.8 Å². The van der Waals surface area contributed by atoms with Gasteiger partial charge in [-0.1, -0.05) is 11.8 Å². The molecule has 2 aliphatic rings. The van der Waals surface area contributed by atoms with Gasteiger partial charge in [-0.05, 0) is 25.7 Å². The van der Waals surface area contributed by atoms with Gasteiger partial charge in [0.1, 0.15) is 0 Å². The van der Waals surface area contributed by atoms with Crippen LogP contribution in [0.5, 0.6) is 0 Å². The van der Waals surface area contributed by atoms with E-state index in [1.54, 1.807) is 11.3 Å². The van der Waals surface area contributed by atoms with Crippen molar-refractivity contribution in [1.82, 2.24) is 10.3 Å². The highest BCUT2D eigenvalue weighted by atomic mass is 32.2. The number of thiazole rings is 1. The van der Waals surface area contributed by atoms with Crippen LogP contribution in [0.4, 0.5) is 0 Å². The maximum absolute atomic E-state index is 4.54. The summed E-state index contributed by atoms with van der Waals surface area (Å²) < 4.78 is 0. The standard InChI is InChI=1S/C11H15N3S2/c1-7-14-9(6-15-7)4-12-11-13-5-10(16-11)8-2-3-8/h6,8,10H,2-5H2,1H3,(H,12,13). The second kappa shape index (κ2) is 4.37. The second-order valence-electron chi connectivity index (χ2n) is 4.35. The highest BCUT2D eigenvalue weighted by molar-refractivity contribution is 8.14. The first-order valence-electron chi connectivity index (χ1n) is 5.67. The molecule has 1 aliphatic carbocycles. The van der Waals surface area contributed by atoms with Gasteiger partial charge in [0, 0.05) is 10.6 Å². The molecule has 0 spiro atoms. The second-order valence-corrected chi connectivity index (χ2v) is 6.64. The first-order chi connectivity index (χ1) is 7.81. The van der Waals surface area contributed by atoms with Gasteiger partial charge in [0.15, 0.2) is 5.17 Å². The van der Waals surface area contributed by atoms with Crippen LogP contribution in [0, 0.1) is 12.8 Å². The molecule has 0 radical (unpaired) electrons. The first-order valence-corrected chi connectivity index (χ1v) is 7.43. The zero-order valence-electron chi connectivity index (χ0n) is 9.27. The van der Waals surface area contributed by atoms with E-state index in [2.05, 4.69) is 20.7 Å². The number of nitrogens with one attached hydrogen (secondary N) is 1. The summed E-state index contributed by atoms with van der Waals surface area (Å²) in [7, 11) is 0. The summed E-state index contributed by atoms with van der Waals surface area (Å²) in [6, 6.07) is 0. The van der Waals surface area contributed by atoms with Crippen LogP contribution in [0.15, 0.2) is 10.4 Å². The molecule has 1 unspecified atom stereocenters. The van der Waals surface area contributed by atoms with E-state index < -0.39 is 0 Å². The van der Waals surface area contributed by atoms with Crippen LogP contribution in [0.25, 0.3) is 0 Å². The van der Waals surface area contributed by atoms with Crippen LogP contribution in [-0.4, -0.2) is 21.9 Å². The number of nitrogens with zero attached hydrogens (tertiary/aromatic N) is 2. The minimum atomic E-state index is 0.750. The van der Waals surface area contributed by atoms with Gasteiger partial charge in [-0.2, -0.15) is 0 Å². The Balaban J connectivity index is 1.49. The third kappa shape index (κ3) is 2.40. The third-order valence-corrected chi connectivity index (χ3v) is 5.07. The Bertz CT molecular complexity index is 409. The van der Waals surface area contributed by atoms with Crippen LogP contribution in [-0.2, 0) is 6.54 Å². The van der Waals surface area contributed by atoms with Crippen molar-refractivity contribution in [3.63, 3.8) is 0 Å². The lowest BCUT2D eigenvalue weighted by Crippen LogP contribution is -2.19. The topological polar surface area (TPSA) is 37.3 Å². The van der Waals surface area contributed by atoms with Gasteiger partial charge in [0.2, 0.25) is 0 Å². The van der Waals surface area contributed by atoms with Crippen LogP contribution in [0.3, 0.4) is 0 Å². The van der Waals surface area contributed by atoms with E-state index in [4.69, 9.17) is 0 Å². The average Bonchev–Trinajstić information content (AvgIpc) is 2.87. The van der Waals surface area contributed by atoms with E-state index in [0.717, 1.165) is 40.1 Å². The number of hydrogen-bond acceptors (Lipinski definition) is 5. The molecule has 1 N–H and O–H groups in total. The molecule has 16 heavy (non-hydrogen) atoms. The number of aryl methyl sites for hydroxylation is 1. The molecular weight excluding hydrogens is 238 g/mol. The molecule has 1 aliphatic heterocycles. The summed E-state index contributed by atoms with van der Waals surface area (Å²) in [4.78, 5) is 8.97. The molecule has 1 aromatic rings. The number of aromatic nitrogens is 1. The van der Waals surface area contributed by atoms with Gasteiger partial charge in [-0.25, -0.2) is 4.98 Å². The predicted octanol–water partition coefficient (Wildman–Crippen LogP) is 2.42. The molecule has 0 saturated heterocycles. The molecule has 0 bridgehead atoms. The van der Waals surface area contributed by atoms with Crippen molar-refractivity contribution in [3.05, 3.63) is 16.1 Å². The number of thioether (sulfide) groups is 1. The largest absolute Gasteiger partial charge is 0.359 e. The molecule has 1 fully saturated rings.